The largest absolute Gasteiger partial charge is 0.478 e. The van der Waals surface area contributed by atoms with Crippen molar-refractivity contribution in [2.45, 2.75) is 13.3 Å². The summed E-state index contributed by atoms with van der Waals surface area (Å²) >= 11 is 0. The molecule has 0 atom stereocenters. The highest BCUT2D eigenvalue weighted by molar-refractivity contribution is 6.05. The van der Waals surface area contributed by atoms with Gasteiger partial charge in [0.25, 0.3) is 0 Å². The molecule has 27 heavy (non-hydrogen) atoms. The Morgan fingerprint density at radius 2 is 1.56 bits per heavy atom. The maximum atomic E-state index is 12.5. The Morgan fingerprint density at radius 1 is 1.04 bits per heavy atom. The smallest absolute Gasteiger partial charge is 0.349 e. The lowest BCUT2D eigenvalue weighted by molar-refractivity contribution is -0.138. The molecule has 0 aromatic heterocycles. The summed E-state index contributed by atoms with van der Waals surface area (Å²) in [6.07, 6.45) is 1.73. The van der Waals surface area contributed by atoms with E-state index in [0.717, 1.165) is 11.1 Å². The summed E-state index contributed by atoms with van der Waals surface area (Å²) in [5, 5.41) is 18.4. The molecule has 0 aliphatic rings. The van der Waals surface area contributed by atoms with Crippen LogP contribution >= 0.6 is 0 Å². The van der Waals surface area contributed by atoms with E-state index in [1.807, 2.05) is 66.7 Å². The Balaban J connectivity index is 2.31. The fraction of sp³-hybridized carbons (Fsp3) is 0.136. The molecule has 0 amide bonds. The SMILES string of the molecule is CC(=CCCOC(=O)C(C#N)=C(c1ccccc1)c1ccccc1)C(=O)O. The molecule has 0 unspecified atom stereocenters. The van der Waals surface area contributed by atoms with Gasteiger partial charge in [-0.25, -0.2) is 9.59 Å². The van der Waals surface area contributed by atoms with Gasteiger partial charge >= 0.3 is 11.9 Å². The molecule has 5 heteroatoms. The Labute approximate surface area is 157 Å². The van der Waals surface area contributed by atoms with Crippen LogP contribution in [0.3, 0.4) is 0 Å². The third kappa shape index (κ3) is 5.41. The second kappa shape index (κ2) is 9.73. The molecule has 0 heterocycles. The predicted octanol–water partition coefficient (Wildman–Crippen LogP) is 3.98. The summed E-state index contributed by atoms with van der Waals surface area (Å²) < 4.78 is 5.19. The first-order valence-corrected chi connectivity index (χ1v) is 8.37. The van der Waals surface area contributed by atoms with Crippen LogP contribution in [-0.2, 0) is 14.3 Å². The maximum absolute atomic E-state index is 12.5. The quantitative estimate of drug-likeness (QED) is 0.349. The van der Waals surface area contributed by atoms with Crippen molar-refractivity contribution >= 4 is 17.5 Å². The van der Waals surface area contributed by atoms with E-state index in [2.05, 4.69) is 0 Å². The van der Waals surface area contributed by atoms with Gasteiger partial charge < -0.3 is 9.84 Å². The Morgan fingerprint density at radius 3 is 2.00 bits per heavy atom. The molecular weight excluding hydrogens is 342 g/mol. The van der Waals surface area contributed by atoms with Crippen molar-refractivity contribution in [3.05, 3.63) is 89.0 Å². The molecule has 0 aliphatic carbocycles. The predicted molar refractivity (Wildman–Crippen MR) is 101 cm³/mol. The number of esters is 1. The number of carboxylic acid groups (broad SMARTS) is 1. The maximum Gasteiger partial charge on any atom is 0.349 e. The minimum Gasteiger partial charge on any atom is -0.478 e. The van der Waals surface area contributed by atoms with Crippen molar-refractivity contribution < 1.29 is 19.4 Å². The van der Waals surface area contributed by atoms with Crippen molar-refractivity contribution in [2.75, 3.05) is 6.61 Å². The third-order valence-electron chi connectivity index (χ3n) is 3.83. The standard InChI is InChI=1S/C22H19NO4/c1-16(21(24)25)9-8-14-27-22(26)19(15-23)20(17-10-4-2-5-11-17)18-12-6-3-7-13-18/h2-7,9-13H,8,14H2,1H3,(H,24,25). The number of rotatable bonds is 7. The lowest BCUT2D eigenvalue weighted by Gasteiger charge is -2.11. The lowest BCUT2D eigenvalue weighted by Crippen LogP contribution is -2.11. The molecule has 0 spiro atoms. The molecule has 0 radical (unpaired) electrons. The van der Waals surface area contributed by atoms with Crippen LogP contribution in [0.25, 0.3) is 5.57 Å². The summed E-state index contributed by atoms with van der Waals surface area (Å²) in [4.78, 5) is 23.3. The van der Waals surface area contributed by atoms with Gasteiger partial charge in [0, 0.05) is 17.6 Å². The zero-order chi connectivity index (χ0) is 19.6. The van der Waals surface area contributed by atoms with Crippen LogP contribution in [0.1, 0.15) is 24.5 Å². The first kappa shape index (κ1) is 19.7. The third-order valence-corrected chi connectivity index (χ3v) is 3.83. The van der Waals surface area contributed by atoms with Gasteiger partial charge in [0.1, 0.15) is 11.6 Å². The number of benzene rings is 2. The molecule has 0 fully saturated rings. The number of carbonyl (C=O) groups excluding carboxylic acids is 1. The van der Waals surface area contributed by atoms with E-state index < -0.39 is 11.9 Å². The van der Waals surface area contributed by atoms with Crippen LogP contribution in [0, 0.1) is 11.3 Å². The van der Waals surface area contributed by atoms with Crippen molar-refractivity contribution in [3.8, 4) is 6.07 Å². The summed E-state index contributed by atoms with van der Waals surface area (Å²) in [5.74, 6) is -1.75. The van der Waals surface area contributed by atoms with Gasteiger partial charge in [0.05, 0.1) is 6.61 Å². The minimum absolute atomic E-state index is 0.00844. The number of ether oxygens (including phenoxy) is 1. The van der Waals surface area contributed by atoms with E-state index in [9.17, 15) is 14.9 Å². The van der Waals surface area contributed by atoms with E-state index in [0.29, 0.717) is 5.57 Å². The molecule has 5 nitrogen and oxygen atoms in total. The minimum atomic E-state index is -1.02. The number of carboxylic acids is 1. The first-order chi connectivity index (χ1) is 13.0. The van der Waals surface area contributed by atoms with E-state index in [1.54, 1.807) is 0 Å². The van der Waals surface area contributed by atoms with Crippen LogP contribution < -0.4 is 0 Å². The second-order valence-electron chi connectivity index (χ2n) is 5.71. The highest BCUT2D eigenvalue weighted by Crippen LogP contribution is 2.27. The normalized spacial score (nSPS) is 10.6. The number of nitrogens with zero attached hydrogens (tertiary/aromatic N) is 1. The topological polar surface area (TPSA) is 87.4 Å². The fourth-order valence-electron chi connectivity index (χ4n) is 2.46. The summed E-state index contributed by atoms with van der Waals surface area (Å²) in [5.41, 5.74) is 2.06. The van der Waals surface area contributed by atoms with Gasteiger partial charge in [-0.3, -0.25) is 0 Å². The van der Waals surface area contributed by atoms with Gasteiger partial charge in [-0.15, -0.1) is 0 Å². The Bertz CT molecular complexity index is 865. The Hall–Kier alpha value is -3.65. The molecular formula is C22H19NO4. The first-order valence-electron chi connectivity index (χ1n) is 8.37. The van der Waals surface area contributed by atoms with E-state index in [-0.39, 0.29) is 24.2 Å². The van der Waals surface area contributed by atoms with Crippen molar-refractivity contribution in [1.29, 1.82) is 5.26 Å². The fourth-order valence-corrected chi connectivity index (χ4v) is 2.46. The van der Waals surface area contributed by atoms with E-state index >= 15 is 0 Å². The van der Waals surface area contributed by atoms with Crippen LogP contribution in [0.4, 0.5) is 0 Å². The van der Waals surface area contributed by atoms with Crippen LogP contribution in [0.15, 0.2) is 77.9 Å². The molecule has 0 saturated heterocycles. The van der Waals surface area contributed by atoms with Crippen molar-refractivity contribution in [1.82, 2.24) is 0 Å². The molecule has 0 aliphatic heterocycles. The van der Waals surface area contributed by atoms with Crippen molar-refractivity contribution in [2.24, 2.45) is 0 Å². The molecule has 136 valence electrons. The van der Waals surface area contributed by atoms with E-state index in [1.165, 1.54) is 13.0 Å². The summed E-state index contributed by atoms with van der Waals surface area (Å²) in [6.45, 7) is 1.46. The van der Waals surface area contributed by atoms with Gasteiger partial charge in [0.2, 0.25) is 0 Å². The lowest BCUT2D eigenvalue weighted by atomic mass is 9.93. The highest BCUT2D eigenvalue weighted by atomic mass is 16.5. The number of hydrogen-bond acceptors (Lipinski definition) is 4. The molecule has 2 aromatic rings. The summed E-state index contributed by atoms with van der Waals surface area (Å²) in [7, 11) is 0. The second-order valence-corrected chi connectivity index (χ2v) is 5.71. The monoisotopic (exact) mass is 361 g/mol. The van der Waals surface area contributed by atoms with Crippen LogP contribution in [0.2, 0.25) is 0 Å². The number of aliphatic carboxylic acids is 1. The van der Waals surface area contributed by atoms with Gasteiger partial charge in [-0.1, -0.05) is 66.7 Å². The number of nitriles is 1. The molecule has 2 aromatic carbocycles. The zero-order valence-corrected chi connectivity index (χ0v) is 14.9. The van der Waals surface area contributed by atoms with Gasteiger partial charge in [0.15, 0.2) is 0 Å². The average molecular weight is 361 g/mol. The van der Waals surface area contributed by atoms with Crippen LogP contribution in [-0.4, -0.2) is 23.7 Å². The molecule has 0 bridgehead atoms. The number of hydrogen-bond donors (Lipinski definition) is 1. The zero-order valence-electron chi connectivity index (χ0n) is 14.9. The highest BCUT2D eigenvalue weighted by Gasteiger charge is 2.19. The number of carbonyl (C=O) groups is 2. The molecule has 1 N–H and O–H groups in total. The average Bonchev–Trinajstić information content (AvgIpc) is 2.70. The van der Waals surface area contributed by atoms with Crippen LogP contribution in [0.5, 0.6) is 0 Å². The molecule has 2 rings (SSSR count). The summed E-state index contributed by atoms with van der Waals surface area (Å²) in [6, 6.07) is 20.3. The van der Waals surface area contributed by atoms with Crippen molar-refractivity contribution in [3.63, 3.8) is 0 Å². The van der Waals surface area contributed by atoms with Gasteiger partial charge in [-0.2, -0.15) is 5.26 Å². The van der Waals surface area contributed by atoms with Gasteiger partial charge in [-0.05, 0) is 18.1 Å². The Kier molecular flexibility index (Phi) is 7.09. The molecule has 0 saturated carbocycles. The van der Waals surface area contributed by atoms with E-state index in [4.69, 9.17) is 9.84 Å².